The van der Waals surface area contributed by atoms with Crippen molar-refractivity contribution in [2.24, 2.45) is 0 Å². The molecule has 5 aromatic rings. The van der Waals surface area contributed by atoms with Crippen molar-refractivity contribution in [3.8, 4) is 22.3 Å². The van der Waals surface area contributed by atoms with Gasteiger partial charge >= 0.3 is 5.69 Å². The van der Waals surface area contributed by atoms with E-state index in [4.69, 9.17) is 4.42 Å². The van der Waals surface area contributed by atoms with Crippen molar-refractivity contribution < 1.29 is 4.42 Å². The summed E-state index contributed by atoms with van der Waals surface area (Å²) in [4.78, 5) is 31.9. The quantitative estimate of drug-likeness (QED) is 0.498. The number of hydrogen-bond acceptors (Lipinski definition) is 4. The zero-order valence-corrected chi connectivity index (χ0v) is 15.9. The topological polar surface area (TPSA) is 80.9 Å². The maximum Gasteiger partial charge on any atom is 0.330 e. The molecule has 0 saturated carbocycles. The Morgan fingerprint density at radius 3 is 2.30 bits per heavy atom. The minimum Gasteiger partial charge on any atom is -0.467 e. The third-order valence-corrected chi connectivity index (χ3v) is 5.08. The predicted octanol–water partition coefficient (Wildman–Crippen LogP) is 4.06. The van der Waals surface area contributed by atoms with Gasteiger partial charge in [0.25, 0.3) is 5.56 Å². The second kappa shape index (κ2) is 7.33. The van der Waals surface area contributed by atoms with Gasteiger partial charge in [0.15, 0.2) is 5.65 Å². The highest BCUT2D eigenvalue weighted by Crippen LogP contribution is 2.27. The molecule has 3 heterocycles. The molecule has 0 aliphatic carbocycles. The Bertz CT molecular complexity index is 1430. The van der Waals surface area contributed by atoms with E-state index in [1.54, 1.807) is 30.7 Å². The number of furan rings is 1. The molecule has 3 aromatic heterocycles. The van der Waals surface area contributed by atoms with Gasteiger partial charge in [0.05, 0.1) is 18.2 Å². The lowest BCUT2D eigenvalue weighted by atomic mass is 9.99. The number of fused-ring (bicyclic) bond motifs is 1. The van der Waals surface area contributed by atoms with E-state index < -0.39 is 11.2 Å². The fourth-order valence-corrected chi connectivity index (χ4v) is 3.62. The molecule has 0 saturated heterocycles. The number of nitrogens with zero attached hydrogens (tertiary/aromatic N) is 2. The zero-order chi connectivity index (χ0) is 20.5. The van der Waals surface area contributed by atoms with Crippen molar-refractivity contribution in [3.05, 3.63) is 112 Å². The third kappa shape index (κ3) is 3.14. The van der Waals surface area contributed by atoms with E-state index in [0.29, 0.717) is 22.4 Å². The highest BCUT2D eigenvalue weighted by molar-refractivity contribution is 5.92. The second-order valence-electron chi connectivity index (χ2n) is 6.93. The minimum atomic E-state index is -0.520. The fourth-order valence-electron chi connectivity index (χ4n) is 3.62. The van der Waals surface area contributed by atoms with Crippen molar-refractivity contribution in [1.82, 2.24) is 14.5 Å². The van der Waals surface area contributed by atoms with E-state index in [1.807, 2.05) is 42.5 Å². The van der Waals surface area contributed by atoms with Crippen molar-refractivity contribution in [2.45, 2.75) is 6.54 Å². The molecule has 0 fully saturated rings. The van der Waals surface area contributed by atoms with Crippen molar-refractivity contribution >= 4 is 11.0 Å². The molecule has 5 rings (SSSR count). The molecule has 0 bridgehead atoms. The minimum absolute atomic E-state index is 0.183. The molecular formula is C24H17N3O3. The lowest BCUT2D eigenvalue weighted by molar-refractivity contribution is 0.490. The summed E-state index contributed by atoms with van der Waals surface area (Å²) in [6.45, 7) is 0.183. The van der Waals surface area contributed by atoms with Crippen LogP contribution in [0.4, 0.5) is 0 Å². The van der Waals surface area contributed by atoms with Crippen molar-refractivity contribution in [2.75, 3.05) is 0 Å². The highest BCUT2D eigenvalue weighted by atomic mass is 16.3. The van der Waals surface area contributed by atoms with Crippen LogP contribution in [0.5, 0.6) is 0 Å². The molecule has 30 heavy (non-hydrogen) atoms. The summed E-state index contributed by atoms with van der Waals surface area (Å²) in [7, 11) is 0. The van der Waals surface area contributed by atoms with Gasteiger partial charge in [-0.1, -0.05) is 54.6 Å². The molecule has 6 nitrogen and oxygen atoms in total. The van der Waals surface area contributed by atoms with Crippen LogP contribution in [0.25, 0.3) is 33.3 Å². The first-order valence-corrected chi connectivity index (χ1v) is 9.51. The molecule has 0 aliphatic heterocycles. The Morgan fingerprint density at radius 2 is 1.57 bits per heavy atom. The number of pyridine rings is 1. The van der Waals surface area contributed by atoms with Gasteiger partial charge in [0, 0.05) is 6.20 Å². The monoisotopic (exact) mass is 395 g/mol. The average molecular weight is 395 g/mol. The molecule has 146 valence electrons. The maximum absolute atomic E-state index is 12.7. The van der Waals surface area contributed by atoms with Crippen molar-refractivity contribution in [1.29, 1.82) is 0 Å². The van der Waals surface area contributed by atoms with Gasteiger partial charge < -0.3 is 4.42 Å². The van der Waals surface area contributed by atoms with E-state index >= 15 is 0 Å². The van der Waals surface area contributed by atoms with Crippen LogP contribution in [0.2, 0.25) is 0 Å². The molecule has 2 aromatic carbocycles. The first kappa shape index (κ1) is 17.9. The van der Waals surface area contributed by atoms with Gasteiger partial charge in [0.1, 0.15) is 5.76 Å². The first-order chi connectivity index (χ1) is 14.7. The van der Waals surface area contributed by atoms with Crippen LogP contribution in [0.3, 0.4) is 0 Å². The number of hydrogen-bond donors (Lipinski definition) is 1. The summed E-state index contributed by atoms with van der Waals surface area (Å²) in [5.74, 6) is 0.602. The largest absolute Gasteiger partial charge is 0.467 e. The molecule has 0 unspecified atom stereocenters. The normalized spacial score (nSPS) is 11.1. The first-order valence-electron chi connectivity index (χ1n) is 9.51. The molecule has 0 spiro atoms. The van der Waals surface area contributed by atoms with Gasteiger partial charge in [-0.05, 0) is 40.5 Å². The van der Waals surface area contributed by atoms with Crippen LogP contribution in [-0.2, 0) is 6.54 Å². The van der Waals surface area contributed by atoms with E-state index in [2.05, 4.69) is 22.1 Å². The molecule has 0 radical (unpaired) electrons. The Kier molecular flexibility index (Phi) is 4.37. The zero-order valence-electron chi connectivity index (χ0n) is 15.9. The SMILES string of the molecule is O=c1[nH]c(=O)n(Cc2ccco2)c2nccc(-c3ccc(-c4ccccc4)cc3)c12. The molecule has 0 amide bonds. The van der Waals surface area contributed by atoms with Crippen molar-refractivity contribution in [3.63, 3.8) is 0 Å². The smallest absolute Gasteiger partial charge is 0.330 e. The Balaban J connectivity index is 1.65. The number of H-pyrrole nitrogens is 1. The third-order valence-electron chi connectivity index (χ3n) is 5.08. The standard InChI is InChI=1S/C24H17N3O3/c28-23-21-20(18-10-8-17(9-11-18)16-5-2-1-3-6-16)12-13-25-22(21)27(24(29)26-23)15-19-7-4-14-30-19/h1-14H,15H2,(H,26,28,29). The van der Waals surface area contributed by atoms with E-state index in [9.17, 15) is 9.59 Å². The number of rotatable bonds is 4. The predicted molar refractivity (Wildman–Crippen MR) is 115 cm³/mol. The molecular weight excluding hydrogens is 378 g/mol. The Hall–Kier alpha value is -4.19. The summed E-state index contributed by atoms with van der Waals surface area (Å²) in [6, 6.07) is 23.4. The van der Waals surface area contributed by atoms with Crippen LogP contribution in [0.15, 0.2) is 99.3 Å². The van der Waals surface area contributed by atoms with Crippen LogP contribution in [-0.4, -0.2) is 14.5 Å². The van der Waals surface area contributed by atoms with Crippen LogP contribution in [0.1, 0.15) is 5.76 Å². The summed E-state index contributed by atoms with van der Waals surface area (Å²) in [5, 5.41) is 0.371. The van der Waals surface area contributed by atoms with Gasteiger partial charge in [-0.15, -0.1) is 0 Å². The second-order valence-corrected chi connectivity index (χ2v) is 6.93. The lowest BCUT2D eigenvalue weighted by Gasteiger charge is -2.11. The summed E-state index contributed by atoms with van der Waals surface area (Å²) >= 11 is 0. The Morgan fingerprint density at radius 1 is 0.833 bits per heavy atom. The van der Waals surface area contributed by atoms with Crippen LogP contribution in [0, 0.1) is 0 Å². The number of nitrogens with one attached hydrogen (secondary N) is 1. The lowest BCUT2D eigenvalue weighted by Crippen LogP contribution is -2.31. The van der Waals surface area contributed by atoms with Crippen LogP contribution < -0.4 is 11.2 Å². The highest BCUT2D eigenvalue weighted by Gasteiger charge is 2.15. The maximum atomic E-state index is 12.7. The Labute approximate surface area is 171 Å². The number of aromatic amines is 1. The summed E-state index contributed by atoms with van der Waals surface area (Å²) in [6.07, 6.45) is 3.15. The van der Waals surface area contributed by atoms with E-state index in [-0.39, 0.29) is 6.54 Å². The fraction of sp³-hybridized carbons (Fsp3) is 0.0417. The van der Waals surface area contributed by atoms with Gasteiger partial charge in [0.2, 0.25) is 0 Å². The van der Waals surface area contributed by atoms with E-state index in [1.165, 1.54) is 4.57 Å². The van der Waals surface area contributed by atoms with E-state index in [0.717, 1.165) is 16.7 Å². The number of benzene rings is 2. The van der Waals surface area contributed by atoms with Gasteiger partial charge in [-0.25, -0.2) is 9.78 Å². The average Bonchev–Trinajstić information content (AvgIpc) is 3.30. The van der Waals surface area contributed by atoms with Gasteiger partial charge in [-0.2, -0.15) is 0 Å². The molecule has 0 aliphatic rings. The molecule has 0 atom stereocenters. The summed E-state index contributed by atoms with van der Waals surface area (Å²) < 4.78 is 6.78. The summed E-state index contributed by atoms with van der Waals surface area (Å²) in [5.41, 5.74) is 3.14. The van der Waals surface area contributed by atoms with Crippen LogP contribution >= 0.6 is 0 Å². The number of aromatic nitrogens is 3. The molecule has 6 heteroatoms. The van der Waals surface area contributed by atoms with Gasteiger partial charge in [-0.3, -0.25) is 14.3 Å². The molecule has 1 N–H and O–H groups in total.